The minimum absolute atomic E-state index is 0. The summed E-state index contributed by atoms with van der Waals surface area (Å²) < 4.78 is 7.16. The molecular formula is C18H26Cl2N4O2S. The van der Waals surface area contributed by atoms with Gasteiger partial charge in [-0.1, -0.05) is 12.1 Å². The molecule has 2 atom stereocenters. The van der Waals surface area contributed by atoms with Crippen LogP contribution in [-0.4, -0.2) is 46.7 Å². The molecule has 2 N–H and O–H groups in total. The van der Waals surface area contributed by atoms with E-state index in [0.717, 1.165) is 35.2 Å². The van der Waals surface area contributed by atoms with Crippen LogP contribution in [0.15, 0.2) is 36.7 Å². The quantitative estimate of drug-likeness (QED) is 0.733. The number of ether oxygens (including phenoxy) is 1. The second-order valence-corrected chi connectivity index (χ2v) is 7.25. The third kappa shape index (κ3) is 6.31. The Balaban J connectivity index is 0.00000182. The number of halogens is 2. The molecule has 6 nitrogen and oxygen atoms in total. The lowest BCUT2D eigenvalue weighted by Crippen LogP contribution is -2.42. The fourth-order valence-corrected chi connectivity index (χ4v) is 3.89. The van der Waals surface area contributed by atoms with Gasteiger partial charge in [-0.3, -0.25) is 4.79 Å². The van der Waals surface area contributed by atoms with Crippen molar-refractivity contribution in [2.75, 3.05) is 25.2 Å². The second kappa shape index (κ2) is 11.4. The van der Waals surface area contributed by atoms with Gasteiger partial charge in [-0.05, 0) is 17.7 Å². The maximum absolute atomic E-state index is 12.6. The normalized spacial score (nSPS) is 17.2. The first-order chi connectivity index (χ1) is 12.2. The number of hydrogen-bond acceptors (Lipinski definition) is 5. The van der Waals surface area contributed by atoms with Gasteiger partial charge in [0.1, 0.15) is 17.6 Å². The third-order valence-corrected chi connectivity index (χ3v) is 5.43. The first-order valence-corrected chi connectivity index (χ1v) is 9.54. The van der Waals surface area contributed by atoms with Crippen molar-refractivity contribution in [2.24, 2.45) is 7.05 Å². The van der Waals surface area contributed by atoms with Crippen molar-refractivity contribution in [3.63, 3.8) is 0 Å². The van der Waals surface area contributed by atoms with E-state index in [1.54, 1.807) is 13.3 Å². The van der Waals surface area contributed by atoms with Crippen LogP contribution in [-0.2, 0) is 11.8 Å². The first kappa shape index (κ1) is 23.6. The molecule has 0 saturated carbocycles. The fraction of sp³-hybridized carbons (Fsp3) is 0.444. The topological polar surface area (TPSA) is 68.2 Å². The second-order valence-electron chi connectivity index (χ2n) is 6.10. The molecule has 2 unspecified atom stereocenters. The van der Waals surface area contributed by atoms with Crippen LogP contribution in [0.4, 0.5) is 0 Å². The number of aryl methyl sites for hydroxylation is 1. The molecule has 1 fully saturated rings. The number of hydrogen-bond donors (Lipinski definition) is 2. The highest BCUT2D eigenvalue weighted by molar-refractivity contribution is 7.99. The van der Waals surface area contributed by atoms with E-state index in [-0.39, 0.29) is 42.8 Å². The molecule has 1 saturated heterocycles. The maximum atomic E-state index is 12.6. The fourth-order valence-electron chi connectivity index (χ4n) is 2.94. The highest BCUT2D eigenvalue weighted by Crippen LogP contribution is 2.23. The van der Waals surface area contributed by atoms with E-state index in [4.69, 9.17) is 4.74 Å². The number of carbonyl (C=O) groups is 1. The molecule has 2 heterocycles. The van der Waals surface area contributed by atoms with E-state index in [9.17, 15) is 4.79 Å². The van der Waals surface area contributed by atoms with Gasteiger partial charge in [0.2, 0.25) is 5.91 Å². The van der Waals surface area contributed by atoms with Crippen molar-refractivity contribution in [1.29, 1.82) is 0 Å². The smallest absolute Gasteiger partial charge is 0.222 e. The summed E-state index contributed by atoms with van der Waals surface area (Å²) in [6.45, 7) is 0.962. The van der Waals surface area contributed by atoms with Crippen molar-refractivity contribution < 1.29 is 9.53 Å². The molecule has 1 aromatic carbocycles. The third-order valence-electron chi connectivity index (χ3n) is 4.30. The summed E-state index contributed by atoms with van der Waals surface area (Å²) in [4.78, 5) is 17.0. The molecule has 1 aliphatic heterocycles. The molecule has 1 aliphatic rings. The Labute approximate surface area is 176 Å². The number of amides is 1. The van der Waals surface area contributed by atoms with Crippen LogP contribution in [0, 0.1) is 0 Å². The Kier molecular flexibility index (Phi) is 10.0. The lowest BCUT2D eigenvalue weighted by Gasteiger charge is -2.24. The molecule has 1 amide bonds. The van der Waals surface area contributed by atoms with Crippen LogP contribution in [0.25, 0.3) is 0 Å². The van der Waals surface area contributed by atoms with Crippen molar-refractivity contribution >= 4 is 42.5 Å². The van der Waals surface area contributed by atoms with Gasteiger partial charge in [-0.15, -0.1) is 24.8 Å². The molecule has 0 radical (unpaired) electrons. The lowest BCUT2D eigenvalue weighted by molar-refractivity contribution is -0.122. The zero-order valence-corrected chi connectivity index (χ0v) is 17.8. The first-order valence-electron chi connectivity index (χ1n) is 8.39. The van der Waals surface area contributed by atoms with E-state index in [1.165, 1.54) is 0 Å². The van der Waals surface area contributed by atoms with Gasteiger partial charge < -0.3 is 19.9 Å². The van der Waals surface area contributed by atoms with Gasteiger partial charge in [0, 0.05) is 50.0 Å². The Bertz CT molecular complexity index is 706. The number of nitrogens with zero attached hydrogens (tertiary/aromatic N) is 2. The van der Waals surface area contributed by atoms with Gasteiger partial charge in [0.15, 0.2) is 0 Å². The number of nitrogens with one attached hydrogen (secondary N) is 2. The monoisotopic (exact) mass is 432 g/mol. The molecule has 9 heteroatoms. The van der Waals surface area contributed by atoms with Gasteiger partial charge in [0.05, 0.1) is 7.11 Å². The Morgan fingerprint density at radius 1 is 1.41 bits per heavy atom. The van der Waals surface area contributed by atoms with E-state index in [2.05, 4.69) is 15.6 Å². The zero-order valence-electron chi connectivity index (χ0n) is 15.4. The average molecular weight is 433 g/mol. The summed E-state index contributed by atoms with van der Waals surface area (Å²) in [7, 11) is 3.58. The SMILES string of the molecule is COc1ccc(C(NC(=O)CC2CSCCN2)c2nccn2C)cc1.Cl.Cl. The van der Waals surface area contributed by atoms with Gasteiger partial charge in [-0.25, -0.2) is 4.98 Å². The number of imidazole rings is 1. The number of methoxy groups -OCH3 is 1. The summed E-state index contributed by atoms with van der Waals surface area (Å²) in [5, 5.41) is 6.55. The minimum atomic E-state index is -0.283. The van der Waals surface area contributed by atoms with Gasteiger partial charge in [-0.2, -0.15) is 11.8 Å². The molecule has 27 heavy (non-hydrogen) atoms. The van der Waals surface area contributed by atoms with E-state index in [0.29, 0.717) is 6.42 Å². The minimum Gasteiger partial charge on any atom is -0.497 e. The van der Waals surface area contributed by atoms with Crippen molar-refractivity contribution in [3.8, 4) is 5.75 Å². The molecular weight excluding hydrogens is 407 g/mol. The largest absolute Gasteiger partial charge is 0.497 e. The van der Waals surface area contributed by atoms with Gasteiger partial charge in [0.25, 0.3) is 0 Å². The summed E-state index contributed by atoms with van der Waals surface area (Å²) in [5.41, 5.74) is 0.981. The number of benzene rings is 1. The summed E-state index contributed by atoms with van der Waals surface area (Å²) in [6.07, 6.45) is 4.11. The van der Waals surface area contributed by atoms with Crippen molar-refractivity contribution in [1.82, 2.24) is 20.2 Å². The molecule has 3 rings (SSSR count). The summed E-state index contributed by atoms with van der Waals surface area (Å²) in [5.74, 6) is 3.72. The van der Waals surface area contributed by atoms with E-state index >= 15 is 0 Å². The van der Waals surface area contributed by atoms with Crippen molar-refractivity contribution in [2.45, 2.75) is 18.5 Å². The Morgan fingerprint density at radius 3 is 2.70 bits per heavy atom. The highest BCUT2D eigenvalue weighted by atomic mass is 35.5. The van der Waals surface area contributed by atoms with Crippen LogP contribution in [0.1, 0.15) is 23.9 Å². The highest BCUT2D eigenvalue weighted by Gasteiger charge is 2.23. The molecule has 0 spiro atoms. The summed E-state index contributed by atoms with van der Waals surface area (Å²) >= 11 is 1.89. The van der Waals surface area contributed by atoms with Crippen LogP contribution in [0.5, 0.6) is 5.75 Å². The average Bonchev–Trinajstić information content (AvgIpc) is 3.06. The molecule has 2 aromatic rings. The molecule has 0 bridgehead atoms. The lowest BCUT2D eigenvalue weighted by atomic mass is 10.1. The summed E-state index contributed by atoms with van der Waals surface area (Å²) in [6, 6.07) is 7.68. The molecule has 0 aliphatic carbocycles. The standard InChI is InChI=1S/C18H24N4O2S.2ClH/c1-22-9-7-20-18(22)17(13-3-5-15(24-2)6-4-13)21-16(23)11-14-12-25-10-8-19-14;;/h3-7,9,14,17,19H,8,10-12H2,1-2H3,(H,21,23);2*1H. The predicted octanol–water partition coefficient (Wildman–Crippen LogP) is 2.57. The number of carbonyl (C=O) groups excluding carboxylic acids is 1. The molecule has 150 valence electrons. The van der Waals surface area contributed by atoms with E-state index in [1.807, 2.05) is 53.8 Å². The van der Waals surface area contributed by atoms with Crippen LogP contribution < -0.4 is 15.4 Å². The van der Waals surface area contributed by atoms with Gasteiger partial charge >= 0.3 is 0 Å². The zero-order chi connectivity index (χ0) is 17.6. The van der Waals surface area contributed by atoms with Crippen LogP contribution in [0.3, 0.4) is 0 Å². The number of aromatic nitrogens is 2. The predicted molar refractivity (Wildman–Crippen MR) is 114 cm³/mol. The number of thioether (sulfide) groups is 1. The van der Waals surface area contributed by atoms with Crippen LogP contribution >= 0.6 is 36.6 Å². The number of rotatable bonds is 6. The van der Waals surface area contributed by atoms with Crippen molar-refractivity contribution in [3.05, 3.63) is 48.0 Å². The van der Waals surface area contributed by atoms with E-state index < -0.39 is 0 Å². The molecule has 1 aromatic heterocycles. The maximum Gasteiger partial charge on any atom is 0.222 e. The Hall–Kier alpha value is -1.41. The van der Waals surface area contributed by atoms with Crippen LogP contribution in [0.2, 0.25) is 0 Å². The Morgan fingerprint density at radius 2 is 2.15 bits per heavy atom.